The van der Waals surface area contributed by atoms with Crippen molar-refractivity contribution in [2.45, 2.75) is 199 Å². The molecule has 16 heteroatoms. The summed E-state index contributed by atoms with van der Waals surface area (Å²) in [7, 11) is -9.70. The third kappa shape index (κ3) is 46.4. The summed E-state index contributed by atoms with van der Waals surface area (Å²) in [5.74, 6) is -0.248. The fourth-order valence-electron chi connectivity index (χ4n) is 6.30. The van der Waals surface area contributed by atoms with E-state index in [0.717, 1.165) is 70.1 Å². The summed E-state index contributed by atoms with van der Waals surface area (Å²) in [4.78, 5) is 52.8. The third-order valence-corrected chi connectivity index (χ3v) is 11.7. The van der Waals surface area contributed by atoms with Gasteiger partial charge in [-0.05, 0) is 63.7 Å². The zero-order valence-electron chi connectivity index (χ0n) is 38.8. The smallest absolute Gasteiger partial charge is 0.462 e. The summed E-state index contributed by atoms with van der Waals surface area (Å²) in [5, 5.41) is 18.6. The van der Waals surface area contributed by atoms with Crippen LogP contribution in [0.25, 0.3) is 0 Å². The van der Waals surface area contributed by atoms with Gasteiger partial charge >= 0.3 is 27.6 Å². The number of rotatable bonds is 45. The van der Waals surface area contributed by atoms with Gasteiger partial charge in [0, 0.05) is 19.4 Å². The van der Waals surface area contributed by atoms with Crippen LogP contribution in [0.15, 0.2) is 48.6 Å². The predicted octanol–water partition coefficient (Wildman–Crippen LogP) is 11.5. The van der Waals surface area contributed by atoms with Gasteiger partial charge in [0.05, 0.1) is 19.8 Å². The highest BCUT2D eigenvalue weighted by Gasteiger charge is 2.28. The molecule has 0 saturated heterocycles. The normalized spacial score (nSPS) is 14.8. The molecule has 0 bridgehead atoms. The van der Waals surface area contributed by atoms with Crippen molar-refractivity contribution in [3.05, 3.63) is 48.6 Å². The number of hydrogen-bond donors (Lipinski definition) is 5. The first kappa shape index (κ1) is 61.0. The van der Waals surface area contributed by atoms with Crippen molar-refractivity contribution < 1.29 is 66.7 Å². The van der Waals surface area contributed by atoms with Crippen molar-refractivity contribution >= 4 is 27.6 Å². The van der Waals surface area contributed by atoms with E-state index in [1.807, 2.05) is 12.2 Å². The third-order valence-electron chi connectivity index (χ3n) is 10.3. The molecule has 0 heterocycles. The average molecular weight is 937 g/mol. The van der Waals surface area contributed by atoms with Crippen LogP contribution >= 0.6 is 15.6 Å². The van der Waals surface area contributed by atoms with Crippen molar-refractivity contribution in [2.24, 2.45) is 5.92 Å². The number of aliphatic hydroxyl groups is 2. The van der Waals surface area contributed by atoms with Crippen molar-refractivity contribution in [3.8, 4) is 0 Å². The molecular weight excluding hydrogens is 850 g/mol. The van der Waals surface area contributed by atoms with E-state index in [0.29, 0.717) is 19.3 Å². The standard InChI is InChI=1S/C47H86O14P2/c1-3-43(2)35-31-27-23-19-15-11-8-9-12-16-20-24-28-32-36-46(50)57-41-45(42-60-63(55,56)59-40-44(49)39-58-62(52,53)54)61-47(51)37-33-29-25-21-17-13-7-5-4-6-10-14-18-22-26-30-34-38-48/h4,6-7,13-14,18,21,25,43-45,48-49H,3,5,8-12,15-17,19-20,22-24,26-42H2,1-2H3,(H,55,56)(H2,52,53,54)/b6-4-,13-7-,18-14-,25-21-/t43?,44-,45+/m0/s1. The summed E-state index contributed by atoms with van der Waals surface area (Å²) >= 11 is 0. The number of phosphoric ester groups is 2. The number of esters is 2. The van der Waals surface area contributed by atoms with E-state index in [9.17, 15) is 28.7 Å². The molecule has 0 amide bonds. The molecule has 0 spiro atoms. The number of phosphoric acid groups is 2. The largest absolute Gasteiger partial charge is 0.472 e. The summed E-state index contributed by atoms with van der Waals surface area (Å²) in [6.07, 6.45) is 41.2. The second kappa shape index (κ2) is 42.7. The van der Waals surface area contributed by atoms with Gasteiger partial charge in [0.1, 0.15) is 12.7 Å². The van der Waals surface area contributed by atoms with Crippen molar-refractivity contribution in [1.29, 1.82) is 0 Å². The van der Waals surface area contributed by atoms with Crippen molar-refractivity contribution in [1.82, 2.24) is 0 Å². The van der Waals surface area contributed by atoms with E-state index < -0.39 is 66.2 Å². The molecule has 0 radical (unpaired) electrons. The molecule has 2 unspecified atom stereocenters. The quantitative estimate of drug-likeness (QED) is 0.0166. The molecule has 0 aromatic carbocycles. The highest BCUT2D eigenvalue weighted by molar-refractivity contribution is 7.47. The van der Waals surface area contributed by atoms with Crippen LogP contribution in [0.2, 0.25) is 0 Å². The van der Waals surface area contributed by atoms with Crippen LogP contribution in [-0.4, -0.2) is 82.1 Å². The maximum atomic E-state index is 12.7. The lowest BCUT2D eigenvalue weighted by molar-refractivity contribution is -0.161. The van der Waals surface area contributed by atoms with Crippen LogP contribution in [0.5, 0.6) is 0 Å². The van der Waals surface area contributed by atoms with Gasteiger partial charge in [-0.15, -0.1) is 0 Å². The summed E-state index contributed by atoms with van der Waals surface area (Å²) in [6.45, 7) is 2.08. The van der Waals surface area contributed by atoms with Crippen molar-refractivity contribution in [2.75, 3.05) is 33.0 Å². The first-order valence-electron chi connectivity index (χ1n) is 23.8. The fraction of sp³-hybridized carbons (Fsp3) is 0.787. The zero-order chi connectivity index (χ0) is 46.7. The Morgan fingerprint density at radius 3 is 1.51 bits per heavy atom. The zero-order valence-corrected chi connectivity index (χ0v) is 40.6. The van der Waals surface area contributed by atoms with Gasteiger partial charge < -0.3 is 34.4 Å². The van der Waals surface area contributed by atoms with Crippen LogP contribution in [0, 0.1) is 5.92 Å². The monoisotopic (exact) mass is 937 g/mol. The number of carbonyl (C=O) groups is 2. The number of aliphatic hydroxyl groups excluding tert-OH is 2. The Bertz CT molecular complexity index is 1310. The maximum absolute atomic E-state index is 12.7. The highest BCUT2D eigenvalue weighted by Crippen LogP contribution is 2.43. The van der Waals surface area contributed by atoms with Crippen molar-refractivity contribution in [3.63, 3.8) is 0 Å². The first-order valence-corrected chi connectivity index (χ1v) is 26.9. The molecule has 0 saturated carbocycles. The van der Waals surface area contributed by atoms with Gasteiger partial charge in [0.25, 0.3) is 0 Å². The lowest BCUT2D eigenvalue weighted by atomic mass is 9.99. The predicted molar refractivity (Wildman–Crippen MR) is 250 cm³/mol. The van der Waals surface area contributed by atoms with Gasteiger partial charge in [-0.3, -0.25) is 23.2 Å². The van der Waals surface area contributed by atoms with Crippen LogP contribution in [0.1, 0.15) is 187 Å². The fourth-order valence-corrected chi connectivity index (χ4v) is 7.45. The Balaban J connectivity index is 4.54. The molecule has 14 nitrogen and oxygen atoms in total. The maximum Gasteiger partial charge on any atom is 0.472 e. The Morgan fingerprint density at radius 1 is 0.540 bits per heavy atom. The minimum absolute atomic E-state index is 0.0459. The van der Waals surface area contributed by atoms with Gasteiger partial charge in [-0.1, -0.05) is 165 Å². The Hall–Kier alpha value is -1.96. The molecule has 63 heavy (non-hydrogen) atoms. The molecule has 0 aliphatic rings. The molecule has 0 aromatic heterocycles. The lowest BCUT2D eigenvalue weighted by Crippen LogP contribution is -2.29. The number of hydrogen-bond acceptors (Lipinski definition) is 11. The molecule has 0 aliphatic carbocycles. The van der Waals surface area contributed by atoms with E-state index in [2.05, 4.69) is 59.4 Å². The minimum Gasteiger partial charge on any atom is -0.462 e. The summed E-state index contributed by atoms with van der Waals surface area (Å²) < 4.78 is 47.8. The Kier molecular flexibility index (Phi) is 41.3. The van der Waals surface area contributed by atoms with E-state index >= 15 is 0 Å². The SMILES string of the molecule is CCC(C)CCCCCCCCCCCCCCCCC(=O)OC[C@H](COP(=O)(O)OC[C@@H](O)COP(=O)(O)O)OC(=O)CCC/C=C\C/C=C\C/C=C\C/C=C\CCCCCO. The van der Waals surface area contributed by atoms with Gasteiger partial charge in [-0.25, -0.2) is 9.13 Å². The molecule has 0 aromatic rings. The van der Waals surface area contributed by atoms with Gasteiger partial charge in [0.15, 0.2) is 6.10 Å². The van der Waals surface area contributed by atoms with E-state index in [1.165, 1.54) is 77.0 Å². The second-order valence-electron chi connectivity index (χ2n) is 16.4. The average Bonchev–Trinajstić information content (AvgIpc) is 3.24. The molecule has 0 aliphatic heterocycles. The van der Waals surface area contributed by atoms with E-state index in [4.69, 9.17) is 28.9 Å². The van der Waals surface area contributed by atoms with Gasteiger partial charge in [0.2, 0.25) is 0 Å². The van der Waals surface area contributed by atoms with Crippen LogP contribution in [0.4, 0.5) is 0 Å². The Labute approximate surface area is 380 Å². The number of carbonyl (C=O) groups excluding carboxylic acids is 2. The first-order chi connectivity index (χ1) is 30.3. The number of unbranched alkanes of at least 4 members (excludes halogenated alkanes) is 17. The topological polar surface area (TPSA) is 216 Å². The lowest BCUT2D eigenvalue weighted by Gasteiger charge is -2.20. The van der Waals surface area contributed by atoms with E-state index in [-0.39, 0.29) is 19.4 Å². The molecule has 4 atom stereocenters. The minimum atomic E-state index is -4.87. The summed E-state index contributed by atoms with van der Waals surface area (Å²) in [6, 6.07) is 0. The molecule has 0 rings (SSSR count). The van der Waals surface area contributed by atoms with Crippen LogP contribution in [0.3, 0.4) is 0 Å². The number of allylic oxidation sites excluding steroid dienone is 8. The number of ether oxygens (including phenoxy) is 2. The second-order valence-corrected chi connectivity index (χ2v) is 19.0. The molecule has 5 N–H and O–H groups in total. The molecule has 0 fully saturated rings. The van der Waals surface area contributed by atoms with E-state index in [1.54, 1.807) is 0 Å². The van der Waals surface area contributed by atoms with Crippen LogP contribution in [-0.2, 0) is 41.8 Å². The summed E-state index contributed by atoms with van der Waals surface area (Å²) in [5.41, 5.74) is 0. The van der Waals surface area contributed by atoms with Crippen LogP contribution < -0.4 is 0 Å². The van der Waals surface area contributed by atoms with Gasteiger partial charge in [-0.2, -0.15) is 0 Å². The molecular formula is C47H86O14P2. The highest BCUT2D eigenvalue weighted by atomic mass is 31.2. The molecule has 368 valence electrons. The Morgan fingerprint density at radius 2 is 0.984 bits per heavy atom.